The summed E-state index contributed by atoms with van der Waals surface area (Å²) in [5.74, 6) is -0.867. The first-order chi connectivity index (χ1) is 14.9. The first-order valence-corrected chi connectivity index (χ1v) is 10.2. The number of anilines is 1. The lowest BCUT2D eigenvalue weighted by Gasteiger charge is -2.11. The Kier molecular flexibility index (Phi) is 6.98. The zero-order valence-electron chi connectivity index (χ0n) is 16.9. The van der Waals surface area contributed by atoms with Crippen LogP contribution in [0, 0.1) is 10.1 Å². The van der Waals surface area contributed by atoms with Gasteiger partial charge < -0.3 is 15.2 Å². The van der Waals surface area contributed by atoms with Crippen LogP contribution in [0.5, 0.6) is 0 Å². The molecule has 0 saturated carbocycles. The number of amides is 2. The molecule has 0 unspecified atom stereocenters. The number of carbonyl (C=O) groups is 2. The first-order valence-electron chi connectivity index (χ1n) is 9.39. The fraction of sp³-hybridized carbons (Fsp3) is 0.200. The molecule has 0 aliphatic carbocycles. The van der Waals surface area contributed by atoms with Crippen molar-refractivity contribution >= 4 is 35.0 Å². The molecule has 0 bridgehead atoms. The molecule has 2 aromatic carbocycles. The normalized spacial score (nSPS) is 10.5. The molecule has 0 aliphatic rings. The molecule has 11 heteroatoms. The molecule has 160 valence electrons. The smallest absolute Gasteiger partial charge is 0.284 e. The Hall–Kier alpha value is -3.73. The summed E-state index contributed by atoms with van der Waals surface area (Å²) in [5, 5.41) is 25.1. The number of nitro benzene ring substituents is 1. The number of rotatable bonds is 8. The van der Waals surface area contributed by atoms with Crippen molar-refractivity contribution < 1.29 is 14.5 Å². The summed E-state index contributed by atoms with van der Waals surface area (Å²) in [4.78, 5) is 36.5. The van der Waals surface area contributed by atoms with Gasteiger partial charge in [0.2, 0.25) is 0 Å². The van der Waals surface area contributed by atoms with E-state index in [1.807, 2.05) is 6.92 Å². The maximum absolute atomic E-state index is 12.8. The second kappa shape index (κ2) is 9.85. The molecule has 0 fully saturated rings. The van der Waals surface area contributed by atoms with Gasteiger partial charge in [0.25, 0.3) is 17.5 Å². The van der Waals surface area contributed by atoms with Gasteiger partial charge in [-0.2, -0.15) is 0 Å². The van der Waals surface area contributed by atoms with Crippen LogP contribution in [0.15, 0.2) is 58.8 Å². The van der Waals surface area contributed by atoms with E-state index in [1.165, 1.54) is 24.5 Å². The third-order valence-electron chi connectivity index (χ3n) is 4.24. The summed E-state index contributed by atoms with van der Waals surface area (Å²) in [5.41, 5.74) is 0.502. The number of hydrogen-bond donors (Lipinski definition) is 2. The van der Waals surface area contributed by atoms with E-state index in [-0.39, 0.29) is 17.2 Å². The Labute approximate surface area is 182 Å². The number of nitrogens with one attached hydrogen (secondary N) is 2. The molecule has 3 aromatic rings. The van der Waals surface area contributed by atoms with Crippen LogP contribution in [0.3, 0.4) is 0 Å². The SMILES string of the molecule is CCCNC(=O)c1ccccc1NC(=O)c1ccc(Sc2nncn2C)c([N+](=O)[O-])c1. The summed E-state index contributed by atoms with van der Waals surface area (Å²) in [6.45, 7) is 2.45. The zero-order valence-corrected chi connectivity index (χ0v) is 17.7. The average molecular weight is 440 g/mol. The van der Waals surface area contributed by atoms with E-state index in [4.69, 9.17) is 0 Å². The summed E-state index contributed by atoms with van der Waals surface area (Å²) < 4.78 is 1.63. The number of carbonyl (C=O) groups excluding carboxylic acids is 2. The Morgan fingerprint density at radius 1 is 1.19 bits per heavy atom. The Morgan fingerprint density at radius 3 is 2.65 bits per heavy atom. The van der Waals surface area contributed by atoms with Gasteiger partial charge in [-0.15, -0.1) is 10.2 Å². The van der Waals surface area contributed by atoms with E-state index < -0.39 is 10.8 Å². The van der Waals surface area contributed by atoms with Crippen LogP contribution in [-0.2, 0) is 7.05 Å². The largest absolute Gasteiger partial charge is 0.352 e. The molecule has 3 rings (SSSR count). The molecule has 1 aromatic heterocycles. The van der Waals surface area contributed by atoms with Gasteiger partial charge >= 0.3 is 0 Å². The maximum Gasteiger partial charge on any atom is 0.284 e. The van der Waals surface area contributed by atoms with E-state index in [0.717, 1.165) is 18.2 Å². The van der Waals surface area contributed by atoms with Gasteiger partial charge in [0.05, 0.1) is 21.1 Å². The fourth-order valence-corrected chi connectivity index (χ4v) is 3.52. The molecule has 1 heterocycles. The minimum Gasteiger partial charge on any atom is -0.352 e. The van der Waals surface area contributed by atoms with Gasteiger partial charge in [-0.25, -0.2) is 0 Å². The molecule has 10 nitrogen and oxygen atoms in total. The summed E-state index contributed by atoms with van der Waals surface area (Å²) in [6, 6.07) is 10.8. The van der Waals surface area contributed by atoms with Crippen molar-refractivity contribution in [2.75, 3.05) is 11.9 Å². The van der Waals surface area contributed by atoms with Gasteiger partial charge in [0.1, 0.15) is 6.33 Å². The second-order valence-electron chi connectivity index (χ2n) is 6.52. The molecule has 2 amide bonds. The number of nitro groups is 1. The lowest BCUT2D eigenvalue weighted by Crippen LogP contribution is -2.25. The standard InChI is InChI=1S/C20H20N6O4S/c1-3-10-21-19(28)14-6-4-5-7-15(14)23-18(27)13-8-9-17(16(11-13)26(29)30)31-20-24-22-12-25(20)2/h4-9,11-12H,3,10H2,1-2H3,(H,21,28)(H,23,27). The first kappa shape index (κ1) is 22.0. The van der Waals surface area contributed by atoms with Crippen LogP contribution in [0.1, 0.15) is 34.1 Å². The van der Waals surface area contributed by atoms with E-state index in [2.05, 4.69) is 20.8 Å². The predicted molar refractivity (Wildman–Crippen MR) is 115 cm³/mol. The molecule has 0 aliphatic heterocycles. The molecule has 2 N–H and O–H groups in total. The van der Waals surface area contributed by atoms with Crippen molar-refractivity contribution in [1.82, 2.24) is 20.1 Å². The lowest BCUT2D eigenvalue weighted by atomic mass is 10.1. The number of aromatic nitrogens is 3. The molecular formula is C20H20N6O4S. The van der Waals surface area contributed by atoms with Gasteiger partial charge in [-0.05, 0) is 42.4 Å². The Balaban J connectivity index is 1.84. The molecule has 0 radical (unpaired) electrons. The highest BCUT2D eigenvalue weighted by Gasteiger charge is 2.21. The van der Waals surface area contributed by atoms with Crippen LogP contribution < -0.4 is 10.6 Å². The average Bonchev–Trinajstić information content (AvgIpc) is 3.16. The quantitative estimate of drug-likeness (QED) is 0.406. The van der Waals surface area contributed by atoms with Gasteiger partial charge in [0, 0.05) is 25.2 Å². The van der Waals surface area contributed by atoms with Crippen molar-refractivity contribution in [3.8, 4) is 0 Å². The van der Waals surface area contributed by atoms with Crippen LogP contribution in [-0.4, -0.2) is 38.0 Å². The molecule has 0 saturated heterocycles. The number of benzene rings is 2. The highest BCUT2D eigenvalue weighted by Crippen LogP contribution is 2.34. The van der Waals surface area contributed by atoms with Gasteiger partial charge in [0.15, 0.2) is 5.16 Å². The molecular weight excluding hydrogens is 420 g/mol. The number of hydrogen-bond acceptors (Lipinski definition) is 7. The Morgan fingerprint density at radius 2 is 1.97 bits per heavy atom. The highest BCUT2D eigenvalue weighted by atomic mass is 32.2. The minimum atomic E-state index is -0.561. The molecule has 0 atom stereocenters. The van der Waals surface area contributed by atoms with Crippen molar-refractivity contribution in [2.45, 2.75) is 23.4 Å². The fourth-order valence-electron chi connectivity index (χ4n) is 2.67. The third kappa shape index (κ3) is 5.25. The summed E-state index contributed by atoms with van der Waals surface area (Å²) in [7, 11) is 1.73. The summed E-state index contributed by atoms with van der Waals surface area (Å²) in [6.07, 6.45) is 2.27. The third-order valence-corrected chi connectivity index (χ3v) is 5.36. The van der Waals surface area contributed by atoms with Crippen LogP contribution in [0.2, 0.25) is 0 Å². The van der Waals surface area contributed by atoms with Crippen molar-refractivity contribution in [3.63, 3.8) is 0 Å². The Bertz CT molecular complexity index is 1130. The summed E-state index contributed by atoms with van der Waals surface area (Å²) >= 11 is 1.08. The van der Waals surface area contributed by atoms with E-state index in [1.54, 1.807) is 35.9 Å². The zero-order chi connectivity index (χ0) is 22.4. The number of aryl methyl sites for hydroxylation is 1. The molecule has 0 spiro atoms. The topological polar surface area (TPSA) is 132 Å². The van der Waals surface area contributed by atoms with Gasteiger partial charge in [-0.1, -0.05) is 19.1 Å². The van der Waals surface area contributed by atoms with Crippen molar-refractivity contribution in [1.29, 1.82) is 0 Å². The number of nitrogens with zero attached hydrogens (tertiary/aromatic N) is 4. The monoisotopic (exact) mass is 440 g/mol. The maximum atomic E-state index is 12.8. The second-order valence-corrected chi connectivity index (χ2v) is 7.53. The van der Waals surface area contributed by atoms with Crippen molar-refractivity contribution in [3.05, 3.63) is 70.0 Å². The highest BCUT2D eigenvalue weighted by molar-refractivity contribution is 7.99. The lowest BCUT2D eigenvalue weighted by molar-refractivity contribution is -0.387. The van der Waals surface area contributed by atoms with Crippen LogP contribution >= 0.6 is 11.8 Å². The minimum absolute atomic E-state index is 0.0952. The number of para-hydroxylation sites is 1. The van der Waals surface area contributed by atoms with Crippen LogP contribution in [0.4, 0.5) is 11.4 Å². The predicted octanol–water partition coefficient (Wildman–Crippen LogP) is 3.27. The van der Waals surface area contributed by atoms with Crippen molar-refractivity contribution in [2.24, 2.45) is 7.05 Å². The van der Waals surface area contributed by atoms with Gasteiger partial charge in [-0.3, -0.25) is 19.7 Å². The van der Waals surface area contributed by atoms with E-state index in [0.29, 0.717) is 27.8 Å². The van der Waals surface area contributed by atoms with E-state index >= 15 is 0 Å². The molecule has 31 heavy (non-hydrogen) atoms. The van der Waals surface area contributed by atoms with E-state index in [9.17, 15) is 19.7 Å². The van der Waals surface area contributed by atoms with Crippen LogP contribution in [0.25, 0.3) is 0 Å².